The summed E-state index contributed by atoms with van der Waals surface area (Å²) in [5.74, 6) is -1.00. The predicted molar refractivity (Wildman–Crippen MR) is 68.4 cm³/mol. The van der Waals surface area contributed by atoms with E-state index in [0.29, 0.717) is 10.6 Å². The summed E-state index contributed by atoms with van der Waals surface area (Å²) in [5, 5.41) is 11.9. The second-order valence-electron chi connectivity index (χ2n) is 4.77. The molecule has 1 aliphatic carbocycles. The second-order valence-corrected chi connectivity index (χ2v) is 4.77. The smallest absolute Gasteiger partial charge is 0.329 e. The average molecular weight is 259 g/mol. The quantitative estimate of drug-likeness (QED) is 0.568. The van der Waals surface area contributed by atoms with E-state index in [1.54, 1.807) is 13.0 Å². The number of allylic oxidation sites excluding steroid dienone is 1. The molecular formula is C14H13NO4. The monoisotopic (exact) mass is 259 g/mol. The molecule has 2 unspecified atom stereocenters. The zero-order chi connectivity index (χ0) is 13.6. The van der Waals surface area contributed by atoms with E-state index in [0.717, 1.165) is 11.1 Å². The molecule has 5 nitrogen and oxygen atoms in total. The molecule has 1 aromatic carbocycles. The van der Waals surface area contributed by atoms with Gasteiger partial charge in [0.2, 0.25) is 0 Å². The van der Waals surface area contributed by atoms with Crippen molar-refractivity contribution in [1.29, 1.82) is 0 Å². The van der Waals surface area contributed by atoms with E-state index in [-0.39, 0.29) is 0 Å². The minimum Gasteiger partial charge on any atom is -0.468 e. The van der Waals surface area contributed by atoms with Crippen molar-refractivity contribution in [2.75, 3.05) is 7.11 Å². The lowest BCUT2D eigenvalue weighted by Crippen LogP contribution is -2.44. The zero-order valence-electron chi connectivity index (χ0n) is 10.6. The largest absolute Gasteiger partial charge is 0.468 e. The van der Waals surface area contributed by atoms with E-state index >= 15 is 0 Å². The van der Waals surface area contributed by atoms with Crippen LogP contribution in [0.4, 0.5) is 0 Å². The fourth-order valence-corrected chi connectivity index (χ4v) is 2.74. The van der Waals surface area contributed by atoms with Gasteiger partial charge in [0, 0.05) is 11.0 Å². The van der Waals surface area contributed by atoms with Crippen molar-refractivity contribution in [1.82, 2.24) is 0 Å². The molecule has 0 spiro atoms. The van der Waals surface area contributed by atoms with Crippen molar-refractivity contribution in [3.05, 3.63) is 46.7 Å². The number of hydrogen-bond acceptors (Lipinski definition) is 4. The van der Waals surface area contributed by atoms with Gasteiger partial charge in [0.25, 0.3) is 5.71 Å². The molecule has 19 heavy (non-hydrogen) atoms. The lowest BCUT2D eigenvalue weighted by atomic mass is 9.76. The van der Waals surface area contributed by atoms with Gasteiger partial charge in [0.15, 0.2) is 5.60 Å². The lowest BCUT2D eigenvalue weighted by molar-refractivity contribution is -0.747. The molecule has 1 heterocycles. The molecule has 2 atom stereocenters. The molecule has 0 amide bonds. The van der Waals surface area contributed by atoms with Crippen molar-refractivity contribution in [3.63, 3.8) is 0 Å². The van der Waals surface area contributed by atoms with E-state index in [9.17, 15) is 10.0 Å². The van der Waals surface area contributed by atoms with Gasteiger partial charge in [-0.3, -0.25) is 10.0 Å². The Bertz CT molecular complexity index is 620. The van der Waals surface area contributed by atoms with Gasteiger partial charge < -0.3 is 9.57 Å². The topological polar surface area (TPSA) is 61.6 Å². The Morgan fingerprint density at radius 3 is 2.89 bits per heavy atom. The average Bonchev–Trinajstić information content (AvgIpc) is 2.71. The summed E-state index contributed by atoms with van der Waals surface area (Å²) in [5.41, 5.74) is 0.968. The Morgan fingerprint density at radius 1 is 1.42 bits per heavy atom. The number of nitrogens with zero attached hydrogens (tertiary/aromatic N) is 1. The van der Waals surface area contributed by atoms with Gasteiger partial charge in [-0.05, 0) is 24.1 Å². The summed E-state index contributed by atoms with van der Waals surface area (Å²) >= 11 is 0. The molecule has 98 valence electrons. The SMILES string of the molecule is COC(=O)C1(C)O[N+]([O-])=C2C=Cc3ccccc3C21. The number of hydrogen-bond donors (Lipinski definition) is 0. The van der Waals surface area contributed by atoms with E-state index in [4.69, 9.17) is 9.57 Å². The van der Waals surface area contributed by atoms with Gasteiger partial charge in [0.05, 0.1) is 7.11 Å². The van der Waals surface area contributed by atoms with Crippen molar-refractivity contribution < 1.29 is 19.3 Å². The van der Waals surface area contributed by atoms with Crippen molar-refractivity contribution in [2.24, 2.45) is 0 Å². The van der Waals surface area contributed by atoms with Crippen LogP contribution in [0.5, 0.6) is 0 Å². The maximum Gasteiger partial charge on any atom is 0.329 e. The molecule has 0 aromatic heterocycles. The van der Waals surface area contributed by atoms with E-state index in [1.807, 2.05) is 30.3 Å². The number of rotatable bonds is 1. The van der Waals surface area contributed by atoms with Crippen LogP contribution in [0.1, 0.15) is 24.0 Å². The summed E-state index contributed by atoms with van der Waals surface area (Å²) in [6, 6.07) is 7.62. The number of fused-ring (bicyclic) bond motifs is 3. The molecular weight excluding hydrogens is 246 g/mol. The Hall–Kier alpha value is -2.30. The zero-order valence-corrected chi connectivity index (χ0v) is 10.6. The highest BCUT2D eigenvalue weighted by Crippen LogP contribution is 2.42. The van der Waals surface area contributed by atoms with Crippen LogP contribution in [0.3, 0.4) is 0 Å². The van der Waals surface area contributed by atoms with Gasteiger partial charge >= 0.3 is 5.97 Å². The van der Waals surface area contributed by atoms with Crippen LogP contribution in [0, 0.1) is 5.21 Å². The molecule has 0 radical (unpaired) electrons. The minimum atomic E-state index is -1.33. The van der Waals surface area contributed by atoms with Crippen molar-refractivity contribution in [2.45, 2.75) is 18.4 Å². The molecule has 0 bridgehead atoms. The second kappa shape index (κ2) is 3.85. The number of benzene rings is 1. The van der Waals surface area contributed by atoms with Crippen LogP contribution in [0.15, 0.2) is 30.3 Å². The third-order valence-corrected chi connectivity index (χ3v) is 3.66. The Kier molecular flexibility index (Phi) is 2.38. The summed E-state index contributed by atoms with van der Waals surface area (Å²) < 4.78 is 4.78. The number of carbonyl (C=O) groups is 1. The molecule has 0 saturated carbocycles. The van der Waals surface area contributed by atoms with Crippen LogP contribution in [-0.4, -0.2) is 29.3 Å². The first kappa shape index (κ1) is 11.8. The van der Waals surface area contributed by atoms with Crippen molar-refractivity contribution in [3.8, 4) is 0 Å². The summed E-state index contributed by atoms with van der Waals surface area (Å²) in [6.07, 6.45) is 3.53. The number of carbonyl (C=O) groups excluding carboxylic acids is 1. The highest BCUT2D eigenvalue weighted by molar-refractivity contribution is 6.07. The fourth-order valence-electron chi connectivity index (χ4n) is 2.74. The molecule has 2 aliphatic rings. The number of esters is 1. The molecule has 0 N–H and O–H groups in total. The molecule has 5 heteroatoms. The van der Waals surface area contributed by atoms with E-state index in [1.165, 1.54) is 7.11 Å². The number of ether oxygens (including phenoxy) is 1. The highest BCUT2D eigenvalue weighted by Gasteiger charge is 2.55. The van der Waals surface area contributed by atoms with Gasteiger partial charge in [-0.25, -0.2) is 0 Å². The van der Waals surface area contributed by atoms with Crippen molar-refractivity contribution >= 4 is 17.8 Å². The van der Waals surface area contributed by atoms with Crippen LogP contribution >= 0.6 is 0 Å². The van der Waals surface area contributed by atoms with E-state index in [2.05, 4.69) is 0 Å². The first-order chi connectivity index (χ1) is 9.08. The third-order valence-electron chi connectivity index (χ3n) is 3.66. The molecule has 1 aromatic rings. The van der Waals surface area contributed by atoms with Crippen LogP contribution in [0.2, 0.25) is 0 Å². The first-order valence-corrected chi connectivity index (χ1v) is 5.96. The van der Waals surface area contributed by atoms with Crippen LogP contribution in [-0.2, 0) is 14.4 Å². The van der Waals surface area contributed by atoms with Gasteiger partial charge in [-0.2, -0.15) is 0 Å². The normalized spacial score (nSPS) is 27.6. The first-order valence-electron chi connectivity index (χ1n) is 5.96. The third kappa shape index (κ3) is 1.47. The van der Waals surface area contributed by atoms with Gasteiger partial charge in [-0.15, -0.1) is 0 Å². The minimum absolute atomic E-state index is 0.411. The Morgan fingerprint density at radius 2 is 2.16 bits per heavy atom. The molecule has 0 fully saturated rings. The van der Waals surface area contributed by atoms with Crippen LogP contribution in [0.25, 0.3) is 6.08 Å². The lowest BCUT2D eigenvalue weighted by Gasteiger charge is -2.29. The standard InChI is InChI=1S/C14H13NO4/c1-14(13(16)18-2)12-10-6-4-3-5-9(10)7-8-11(12)15(17)19-14/h3-8,12H,1-2H3. The summed E-state index contributed by atoms with van der Waals surface area (Å²) in [7, 11) is 1.29. The Labute approximate surface area is 110 Å². The molecule has 0 saturated heterocycles. The Balaban J connectivity index is 2.19. The molecule has 3 rings (SSSR count). The maximum atomic E-state index is 12.0. The fraction of sp³-hybridized carbons (Fsp3) is 0.286. The highest BCUT2D eigenvalue weighted by atomic mass is 16.9. The summed E-state index contributed by atoms with van der Waals surface area (Å²) in [4.78, 5) is 17.6. The maximum absolute atomic E-state index is 12.0. The van der Waals surface area contributed by atoms with Gasteiger partial charge in [0.1, 0.15) is 5.92 Å². The number of methoxy groups -OCH3 is 1. The summed E-state index contributed by atoms with van der Waals surface area (Å²) in [6.45, 7) is 1.58. The van der Waals surface area contributed by atoms with E-state index < -0.39 is 17.5 Å². The van der Waals surface area contributed by atoms with Gasteiger partial charge in [-0.1, -0.05) is 24.3 Å². The van der Waals surface area contributed by atoms with Crippen LogP contribution < -0.4 is 0 Å². The molecule has 1 aliphatic heterocycles. The predicted octanol–water partition coefficient (Wildman–Crippen LogP) is 1.63.